The Balaban J connectivity index is 2.25. The molecule has 1 N–H and O–H groups in total. The molecule has 0 radical (unpaired) electrons. The first-order chi connectivity index (χ1) is 6.41. The molecule has 0 spiro atoms. The summed E-state index contributed by atoms with van der Waals surface area (Å²) < 4.78 is 0. The minimum absolute atomic E-state index is 0.587. The Kier molecular flexibility index (Phi) is 4.00. The maximum atomic E-state index is 3.59. The average Bonchev–Trinajstić information content (AvgIpc) is 2.24. The molecule has 0 aromatic heterocycles. The van der Waals surface area contributed by atoms with Crippen LogP contribution in [0, 0.1) is 23.2 Å². The lowest BCUT2D eigenvalue weighted by molar-refractivity contribution is 0.352. The van der Waals surface area contributed by atoms with Crippen molar-refractivity contribution in [2.24, 2.45) is 23.2 Å². The van der Waals surface area contributed by atoms with Crippen molar-refractivity contribution in [3.8, 4) is 0 Å². The molecule has 14 heavy (non-hydrogen) atoms. The van der Waals surface area contributed by atoms with E-state index in [0.29, 0.717) is 5.41 Å². The van der Waals surface area contributed by atoms with Crippen molar-refractivity contribution in [2.45, 2.75) is 47.5 Å². The molecule has 0 aromatic carbocycles. The fourth-order valence-corrected chi connectivity index (χ4v) is 2.86. The van der Waals surface area contributed by atoms with E-state index in [2.05, 4.69) is 39.9 Å². The SMILES string of the molecule is CC(C)CNCC1CC(C)(C)CC1C. The zero-order valence-corrected chi connectivity index (χ0v) is 10.6. The van der Waals surface area contributed by atoms with Gasteiger partial charge in [0.05, 0.1) is 0 Å². The predicted molar refractivity (Wildman–Crippen MR) is 63.4 cm³/mol. The highest BCUT2D eigenvalue weighted by Crippen LogP contribution is 2.44. The maximum Gasteiger partial charge on any atom is -0.00177 e. The second-order valence-electron chi connectivity index (χ2n) is 6.36. The summed E-state index contributed by atoms with van der Waals surface area (Å²) in [6.07, 6.45) is 2.81. The van der Waals surface area contributed by atoms with Gasteiger partial charge in [-0.3, -0.25) is 0 Å². The van der Waals surface area contributed by atoms with E-state index in [-0.39, 0.29) is 0 Å². The van der Waals surface area contributed by atoms with Crippen LogP contribution in [0.4, 0.5) is 0 Å². The van der Waals surface area contributed by atoms with Crippen LogP contribution in [0.1, 0.15) is 47.5 Å². The van der Waals surface area contributed by atoms with Crippen LogP contribution in [0.2, 0.25) is 0 Å². The highest BCUT2D eigenvalue weighted by Gasteiger charge is 2.35. The van der Waals surface area contributed by atoms with Crippen LogP contribution in [-0.4, -0.2) is 13.1 Å². The topological polar surface area (TPSA) is 12.0 Å². The van der Waals surface area contributed by atoms with Gasteiger partial charge in [-0.05, 0) is 49.1 Å². The number of hydrogen-bond donors (Lipinski definition) is 1. The largest absolute Gasteiger partial charge is 0.316 e. The van der Waals surface area contributed by atoms with Gasteiger partial charge in [0.2, 0.25) is 0 Å². The molecule has 1 rings (SSSR count). The zero-order chi connectivity index (χ0) is 10.8. The molecule has 0 aromatic rings. The molecule has 1 nitrogen and oxygen atoms in total. The molecule has 2 unspecified atom stereocenters. The summed E-state index contributed by atoms with van der Waals surface area (Å²) in [7, 11) is 0. The first-order valence-electron chi connectivity index (χ1n) is 6.11. The van der Waals surface area contributed by atoms with E-state index >= 15 is 0 Å². The number of hydrogen-bond acceptors (Lipinski definition) is 1. The highest BCUT2D eigenvalue weighted by atomic mass is 14.9. The lowest BCUT2D eigenvalue weighted by Gasteiger charge is -2.18. The monoisotopic (exact) mass is 197 g/mol. The van der Waals surface area contributed by atoms with Crippen LogP contribution in [-0.2, 0) is 0 Å². The normalized spacial score (nSPS) is 31.3. The van der Waals surface area contributed by atoms with Crippen molar-refractivity contribution < 1.29 is 0 Å². The molecule has 0 aliphatic heterocycles. The van der Waals surface area contributed by atoms with E-state index in [1.165, 1.54) is 25.9 Å². The molecule has 2 atom stereocenters. The molecular weight excluding hydrogens is 170 g/mol. The van der Waals surface area contributed by atoms with Gasteiger partial charge in [-0.25, -0.2) is 0 Å². The summed E-state index contributed by atoms with van der Waals surface area (Å²) in [6, 6.07) is 0. The van der Waals surface area contributed by atoms with Crippen LogP contribution in [0.5, 0.6) is 0 Å². The molecule has 0 heterocycles. The standard InChI is InChI=1S/C13H27N/c1-10(2)8-14-9-12-7-13(4,5)6-11(12)3/h10-12,14H,6-9H2,1-5H3. The molecule has 0 amide bonds. The van der Waals surface area contributed by atoms with Crippen molar-refractivity contribution in [2.75, 3.05) is 13.1 Å². The van der Waals surface area contributed by atoms with Crippen LogP contribution in [0.3, 0.4) is 0 Å². The van der Waals surface area contributed by atoms with E-state index in [4.69, 9.17) is 0 Å². The van der Waals surface area contributed by atoms with Gasteiger partial charge in [-0.15, -0.1) is 0 Å². The van der Waals surface area contributed by atoms with Crippen molar-refractivity contribution in [3.63, 3.8) is 0 Å². The predicted octanol–water partition coefficient (Wildman–Crippen LogP) is 3.30. The molecule has 1 saturated carbocycles. The quantitative estimate of drug-likeness (QED) is 0.729. The van der Waals surface area contributed by atoms with Gasteiger partial charge in [0.25, 0.3) is 0 Å². The number of rotatable bonds is 4. The zero-order valence-electron chi connectivity index (χ0n) is 10.6. The van der Waals surface area contributed by atoms with Crippen molar-refractivity contribution in [1.29, 1.82) is 0 Å². The molecule has 0 bridgehead atoms. The summed E-state index contributed by atoms with van der Waals surface area (Å²) in [6.45, 7) is 14.2. The van der Waals surface area contributed by atoms with Gasteiger partial charge in [-0.1, -0.05) is 34.6 Å². The fourth-order valence-electron chi connectivity index (χ4n) is 2.86. The van der Waals surface area contributed by atoms with E-state index in [1.807, 2.05) is 0 Å². The third-order valence-electron chi connectivity index (χ3n) is 3.45. The van der Waals surface area contributed by atoms with E-state index in [0.717, 1.165) is 17.8 Å². The Bertz CT molecular complexity index is 172. The highest BCUT2D eigenvalue weighted by molar-refractivity contribution is 4.87. The molecule has 1 aliphatic carbocycles. The van der Waals surface area contributed by atoms with Crippen molar-refractivity contribution in [3.05, 3.63) is 0 Å². The molecule has 84 valence electrons. The first kappa shape index (κ1) is 12.0. The first-order valence-corrected chi connectivity index (χ1v) is 6.11. The van der Waals surface area contributed by atoms with Gasteiger partial charge < -0.3 is 5.32 Å². The van der Waals surface area contributed by atoms with Crippen molar-refractivity contribution in [1.82, 2.24) is 5.32 Å². The second-order valence-corrected chi connectivity index (χ2v) is 6.36. The Hall–Kier alpha value is -0.0400. The summed E-state index contributed by atoms with van der Waals surface area (Å²) in [4.78, 5) is 0. The molecule has 1 aliphatic rings. The van der Waals surface area contributed by atoms with Gasteiger partial charge >= 0.3 is 0 Å². The Morgan fingerprint density at radius 1 is 1.29 bits per heavy atom. The van der Waals surface area contributed by atoms with E-state index in [1.54, 1.807) is 0 Å². The van der Waals surface area contributed by atoms with Crippen LogP contribution in [0.15, 0.2) is 0 Å². The summed E-state index contributed by atoms with van der Waals surface area (Å²) in [5.41, 5.74) is 0.587. The Morgan fingerprint density at radius 2 is 1.93 bits per heavy atom. The van der Waals surface area contributed by atoms with Crippen LogP contribution >= 0.6 is 0 Å². The molecule has 0 saturated heterocycles. The van der Waals surface area contributed by atoms with Gasteiger partial charge in [-0.2, -0.15) is 0 Å². The minimum atomic E-state index is 0.587. The molecule has 1 heteroatoms. The lowest BCUT2D eigenvalue weighted by Crippen LogP contribution is -2.27. The van der Waals surface area contributed by atoms with Crippen molar-refractivity contribution >= 4 is 0 Å². The third-order valence-corrected chi connectivity index (χ3v) is 3.45. The Morgan fingerprint density at radius 3 is 2.36 bits per heavy atom. The minimum Gasteiger partial charge on any atom is -0.316 e. The molecule has 1 fully saturated rings. The van der Waals surface area contributed by atoms with Crippen LogP contribution in [0.25, 0.3) is 0 Å². The van der Waals surface area contributed by atoms with E-state index < -0.39 is 0 Å². The van der Waals surface area contributed by atoms with E-state index in [9.17, 15) is 0 Å². The van der Waals surface area contributed by atoms with Gasteiger partial charge in [0.15, 0.2) is 0 Å². The Labute approximate surface area is 89.7 Å². The summed E-state index contributed by atoms with van der Waals surface area (Å²) >= 11 is 0. The summed E-state index contributed by atoms with van der Waals surface area (Å²) in [5.74, 6) is 2.59. The fraction of sp³-hybridized carbons (Fsp3) is 1.00. The molecular formula is C13H27N. The smallest absolute Gasteiger partial charge is 0.00177 e. The average molecular weight is 197 g/mol. The summed E-state index contributed by atoms with van der Waals surface area (Å²) in [5, 5.41) is 3.59. The van der Waals surface area contributed by atoms with Gasteiger partial charge in [0, 0.05) is 0 Å². The van der Waals surface area contributed by atoms with Crippen LogP contribution < -0.4 is 5.32 Å². The number of nitrogens with one attached hydrogen (secondary N) is 1. The second kappa shape index (κ2) is 4.65. The third kappa shape index (κ3) is 3.61. The van der Waals surface area contributed by atoms with Gasteiger partial charge in [0.1, 0.15) is 0 Å². The lowest BCUT2D eigenvalue weighted by atomic mass is 9.90. The maximum absolute atomic E-state index is 3.59.